The van der Waals surface area contributed by atoms with Crippen LogP contribution in [0.25, 0.3) is 10.6 Å². The number of aromatic nitrogens is 1. The van der Waals surface area contributed by atoms with Crippen molar-refractivity contribution in [1.29, 1.82) is 0 Å². The molecule has 0 atom stereocenters. The number of hydrogen-bond acceptors (Lipinski definition) is 3. The highest BCUT2D eigenvalue weighted by Gasteiger charge is 2.17. The average molecular weight is 375 g/mol. The Labute approximate surface area is 154 Å². The van der Waals surface area contributed by atoms with E-state index in [1.165, 1.54) is 23.5 Å². The van der Waals surface area contributed by atoms with Crippen LogP contribution in [-0.4, -0.2) is 17.4 Å². The molecular weight excluding hydrogens is 359 g/mol. The van der Waals surface area contributed by atoms with E-state index in [0.717, 1.165) is 10.6 Å². The number of rotatable bonds is 5. The van der Waals surface area contributed by atoms with Gasteiger partial charge in [-0.25, -0.2) is 9.37 Å². The SMILES string of the molecule is CCN(C(=O)Cc1csc(-c2ccccc2Cl)n1)c1ccc(F)cc1. The van der Waals surface area contributed by atoms with Crippen molar-refractivity contribution in [1.82, 2.24) is 4.98 Å². The number of nitrogens with zero attached hydrogens (tertiary/aromatic N) is 2. The van der Waals surface area contributed by atoms with E-state index in [-0.39, 0.29) is 18.1 Å². The van der Waals surface area contributed by atoms with E-state index in [1.54, 1.807) is 17.0 Å². The summed E-state index contributed by atoms with van der Waals surface area (Å²) >= 11 is 7.66. The lowest BCUT2D eigenvalue weighted by atomic mass is 10.2. The van der Waals surface area contributed by atoms with E-state index < -0.39 is 0 Å². The van der Waals surface area contributed by atoms with Crippen LogP contribution >= 0.6 is 22.9 Å². The molecule has 1 amide bonds. The highest BCUT2D eigenvalue weighted by molar-refractivity contribution is 7.13. The molecule has 1 aromatic heterocycles. The Bertz CT molecular complexity index is 879. The van der Waals surface area contributed by atoms with Gasteiger partial charge in [0.15, 0.2) is 0 Å². The smallest absolute Gasteiger partial charge is 0.233 e. The molecule has 2 aromatic carbocycles. The Morgan fingerprint density at radius 1 is 1.20 bits per heavy atom. The molecule has 0 fully saturated rings. The predicted molar refractivity (Wildman–Crippen MR) is 101 cm³/mol. The van der Waals surface area contributed by atoms with Gasteiger partial charge in [-0.15, -0.1) is 11.3 Å². The van der Waals surface area contributed by atoms with Crippen LogP contribution in [0.5, 0.6) is 0 Å². The average Bonchev–Trinajstić information content (AvgIpc) is 3.06. The van der Waals surface area contributed by atoms with Crippen LogP contribution in [0.4, 0.5) is 10.1 Å². The van der Waals surface area contributed by atoms with Crippen LogP contribution < -0.4 is 4.90 Å². The topological polar surface area (TPSA) is 33.2 Å². The van der Waals surface area contributed by atoms with Crippen molar-refractivity contribution in [2.75, 3.05) is 11.4 Å². The minimum atomic E-state index is -0.323. The largest absolute Gasteiger partial charge is 0.312 e. The van der Waals surface area contributed by atoms with Crippen LogP contribution in [0.3, 0.4) is 0 Å². The van der Waals surface area contributed by atoms with Gasteiger partial charge < -0.3 is 4.90 Å². The summed E-state index contributed by atoms with van der Waals surface area (Å²) in [6.45, 7) is 2.39. The molecule has 0 aliphatic carbocycles. The van der Waals surface area contributed by atoms with E-state index in [0.29, 0.717) is 22.9 Å². The van der Waals surface area contributed by atoms with Crippen LogP contribution in [0.2, 0.25) is 5.02 Å². The second kappa shape index (κ2) is 7.76. The zero-order chi connectivity index (χ0) is 17.8. The number of halogens is 2. The number of carbonyl (C=O) groups excluding carboxylic acids is 1. The van der Waals surface area contributed by atoms with Crippen molar-refractivity contribution < 1.29 is 9.18 Å². The summed E-state index contributed by atoms with van der Waals surface area (Å²) in [7, 11) is 0. The first-order chi connectivity index (χ1) is 12.1. The molecule has 25 heavy (non-hydrogen) atoms. The number of amides is 1. The zero-order valence-corrected chi connectivity index (χ0v) is 15.1. The first kappa shape index (κ1) is 17.6. The minimum Gasteiger partial charge on any atom is -0.312 e. The van der Waals surface area contributed by atoms with Gasteiger partial charge in [-0.05, 0) is 37.3 Å². The van der Waals surface area contributed by atoms with Gasteiger partial charge in [0.1, 0.15) is 10.8 Å². The molecule has 6 heteroatoms. The number of hydrogen-bond donors (Lipinski definition) is 0. The van der Waals surface area contributed by atoms with E-state index in [4.69, 9.17) is 11.6 Å². The monoisotopic (exact) mass is 374 g/mol. The zero-order valence-electron chi connectivity index (χ0n) is 13.6. The van der Waals surface area contributed by atoms with Gasteiger partial charge in [0.05, 0.1) is 17.1 Å². The molecule has 3 rings (SSSR count). The second-order valence-corrected chi connectivity index (χ2v) is 6.68. The summed E-state index contributed by atoms with van der Waals surface area (Å²) in [5.74, 6) is -0.402. The van der Waals surface area contributed by atoms with Crippen LogP contribution in [-0.2, 0) is 11.2 Å². The van der Waals surface area contributed by atoms with E-state index in [9.17, 15) is 9.18 Å². The summed E-state index contributed by atoms with van der Waals surface area (Å²) in [6, 6.07) is 13.4. The molecule has 0 N–H and O–H groups in total. The molecule has 0 saturated carbocycles. The maximum Gasteiger partial charge on any atom is 0.233 e. The summed E-state index contributed by atoms with van der Waals surface area (Å²) in [4.78, 5) is 18.8. The molecule has 1 heterocycles. The van der Waals surface area contributed by atoms with Crippen LogP contribution in [0.1, 0.15) is 12.6 Å². The maximum absolute atomic E-state index is 13.1. The summed E-state index contributed by atoms with van der Waals surface area (Å²) in [5.41, 5.74) is 2.24. The van der Waals surface area contributed by atoms with Crippen molar-refractivity contribution in [2.24, 2.45) is 0 Å². The van der Waals surface area contributed by atoms with Gasteiger partial charge in [-0.2, -0.15) is 0 Å². The fourth-order valence-electron chi connectivity index (χ4n) is 2.52. The number of anilines is 1. The number of carbonyl (C=O) groups is 1. The molecule has 0 unspecified atom stereocenters. The van der Waals surface area contributed by atoms with Crippen molar-refractivity contribution in [3.05, 3.63) is 70.4 Å². The number of benzene rings is 2. The first-order valence-electron chi connectivity index (χ1n) is 7.83. The molecule has 0 bridgehead atoms. The highest BCUT2D eigenvalue weighted by atomic mass is 35.5. The van der Waals surface area contributed by atoms with Gasteiger partial charge in [-0.3, -0.25) is 4.79 Å². The molecule has 0 aliphatic heterocycles. The molecular formula is C19H16ClFN2OS. The first-order valence-corrected chi connectivity index (χ1v) is 9.09. The molecule has 3 nitrogen and oxygen atoms in total. The van der Waals surface area contributed by atoms with E-state index in [2.05, 4.69) is 4.98 Å². The Morgan fingerprint density at radius 3 is 2.60 bits per heavy atom. The third-order valence-electron chi connectivity index (χ3n) is 3.74. The Hall–Kier alpha value is -2.24. The maximum atomic E-state index is 13.1. The lowest BCUT2D eigenvalue weighted by Crippen LogP contribution is -2.32. The number of thiazole rings is 1. The molecule has 0 spiro atoms. The highest BCUT2D eigenvalue weighted by Crippen LogP contribution is 2.30. The van der Waals surface area contributed by atoms with Gasteiger partial charge in [0.2, 0.25) is 5.91 Å². The van der Waals surface area contributed by atoms with E-state index >= 15 is 0 Å². The fraction of sp³-hybridized carbons (Fsp3) is 0.158. The van der Waals surface area contributed by atoms with Gasteiger partial charge in [0, 0.05) is 23.2 Å². The van der Waals surface area contributed by atoms with Crippen LogP contribution in [0.15, 0.2) is 53.9 Å². The predicted octanol–water partition coefficient (Wildman–Crippen LogP) is 5.20. The molecule has 0 radical (unpaired) electrons. The normalized spacial score (nSPS) is 10.7. The summed E-state index contributed by atoms with van der Waals surface area (Å²) in [5, 5.41) is 3.30. The van der Waals surface area contributed by atoms with Gasteiger partial charge >= 0.3 is 0 Å². The lowest BCUT2D eigenvalue weighted by Gasteiger charge is -2.20. The summed E-state index contributed by atoms with van der Waals surface area (Å²) in [6.07, 6.45) is 0.187. The Kier molecular flexibility index (Phi) is 5.46. The van der Waals surface area contributed by atoms with Gasteiger partial charge in [-0.1, -0.05) is 29.8 Å². The molecule has 0 saturated heterocycles. The molecule has 3 aromatic rings. The quantitative estimate of drug-likeness (QED) is 0.615. The van der Waals surface area contributed by atoms with Crippen LogP contribution in [0, 0.1) is 5.82 Å². The second-order valence-electron chi connectivity index (χ2n) is 5.42. The standard InChI is InChI=1S/C19H16ClFN2OS/c1-2-23(15-9-7-13(21)8-10-15)18(24)11-14-12-25-19(22-14)16-5-3-4-6-17(16)20/h3-10,12H,2,11H2,1H3. The van der Waals surface area contributed by atoms with Gasteiger partial charge in [0.25, 0.3) is 0 Å². The van der Waals surface area contributed by atoms with Crippen molar-refractivity contribution in [3.8, 4) is 10.6 Å². The molecule has 0 aliphatic rings. The third-order valence-corrected chi connectivity index (χ3v) is 5.00. The minimum absolute atomic E-state index is 0.0786. The molecule has 128 valence electrons. The third kappa shape index (κ3) is 4.06. The lowest BCUT2D eigenvalue weighted by molar-refractivity contribution is -0.118. The summed E-state index contributed by atoms with van der Waals surface area (Å²) < 4.78 is 13.1. The Morgan fingerprint density at radius 2 is 1.92 bits per heavy atom. The van der Waals surface area contributed by atoms with Crippen molar-refractivity contribution >= 4 is 34.5 Å². The fourth-order valence-corrected chi connectivity index (χ4v) is 3.66. The Balaban J connectivity index is 1.76. The van der Waals surface area contributed by atoms with E-state index in [1.807, 2.05) is 36.6 Å². The van der Waals surface area contributed by atoms with Crippen molar-refractivity contribution in [2.45, 2.75) is 13.3 Å². The number of likely N-dealkylation sites (N-methyl/N-ethyl adjacent to an activating group) is 1. The van der Waals surface area contributed by atoms with Crippen molar-refractivity contribution in [3.63, 3.8) is 0 Å².